The van der Waals surface area contributed by atoms with E-state index in [1.165, 1.54) is 12.8 Å². The van der Waals surface area contributed by atoms with Crippen molar-refractivity contribution in [3.05, 3.63) is 11.8 Å². The second-order valence-electron chi connectivity index (χ2n) is 7.22. The normalized spacial score (nSPS) is 21.5. The van der Waals surface area contributed by atoms with Gasteiger partial charge >= 0.3 is 0 Å². The van der Waals surface area contributed by atoms with Crippen LogP contribution in [0.25, 0.3) is 0 Å². The third kappa shape index (κ3) is 5.75. The number of piperidine rings is 1. The predicted molar refractivity (Wildman–Crippen MR) is 109 cm³/mol. The largest absolute Gasteiger partial charge is 0.379 e. The van der Waals surface area contributed by atoms with Crippen molar-refractivity contribution < 1.29 is 4.74 Å². The summed E-state index contributed by atoms with van der Waals surface area (Å²) in [6.07, 6.45) is 2.51. The molecule has 2 fully saturated rings. The molecule has 3 rings (SSSR count). The summed E-state index contributed by atoms with van der Waals surface area (Å²) in [7, 11) is 0. The first-order valence-electron chi connectivity index (χ1n) is 9.56. The Morgan fingerprint density at radius 1 is 1.31 bits per heavy atom. The number of hydrogen-bond donors (Lipinski definition) is 2. The van der Waals surface area contributed by atoms with Crippen LogP contribution in [0.15, 0.2) is 6.07 Å². The van der Waals surface area contributed by atoms with Gasteiger partial charge in [0.15, 0.2) is 5.11 Å². The molecule has 7 nitrogen and oxygen atoms in total. The summed E-state index contributed by atoms with van der Waals surface area (Å²) in [5, 5.41) is 6.96. The molecule has 0 saturated carbocycles. The van der Waals surface area contributed by atoms with E-state index >= 15 is 0 Å². The molecule has 8 heteroatoms. The Kier molecular flexibility index (Phi) is 6.99. The zero-order valence-electron chi connectivity index (χ0n) is 15.8. The number of anilines is 2. The molecular formula is C18H30N6OS. The Hall–Kier alpha value is -1.51. The summed E-state index contributed by atoms with van der Waals surface area (Å²) < 4.78 is 5.36. The lowest BCUT2D eigenvalue weighted by molar-refractivity contribution is 0.0389. The lowest BCUT2D eigenvalue weighted by atomic mass is 10.0. The van der Waals surface area contributed by atoms with E-state index < -0.39 is 0 Å². The van der Waals surface area contributed by atoms with Gasteiger partial charge < -0.3 is 20.3 Å². The number of rotatable bonds is 5. The Morgan fingerprint density at radius 2 is 2.12 bits per heavy atom. The molecule has 0 amide bonds. The summed E-state index contributed by atoms with van der Waals surface area (Å²) in [4.78, 5) is 13.9. The average molecular weight is 379 g/mol. The van der Waals surface area contributed by atoms with Crippen molar-refractivity contribution in [2.75, 3.05) is 62.7 Å². The fourth-order valence-electron chi connectivity index (χ4n) is 3.47. The molecule has 2 saturated heterocycles. The predicted octanol–water partition coefficient (Wildman–Crippen LogP) is 1.64. The van der Waals surface area contributed by atoms with Crippen LogP contribution in [0.5, 0.6) is 0 Å². The summed E-state index contributed by atoms with van der Waals surface area (Å²) in [5.74, 6) is 2.27. The van der Waals surface area contributed by atoms with Crippen molar-refractivity contribution in [3.8, 4) is 0 Å². The van der Waals surface area contributed by atoms with Crippen LogP contribution in [-0.4, -0.2) is 72.5 Å². The van der Waals surface area contributed by atoms with Crippen LogP contribution in [0.2, 0.25) is 0 Å². The molecule has 0 radical (unpaired) electrons. The second kappa shape index (κ2) is 9.43. The third-order valence-electron chi connectivity index (χ3n) is 4.86. The summed E-state index contributed by atoms with van der Waals surface area (Å²) in [5.41, 5.74) is 0.951. The molecule has 144 valence electrons. The molecule has 0 unspecified atom stereocenters. The maximum absolute atomic E-state index is 5.41. The van der Waals surface area contributed by atoms with Crippen molar-refractivity contribution in [3.63, 3.8) is 0 Å². The Labute approximate surface area is 161 Å². The van der Waals surface area contributed by atoms with Gasteiger partial charge in [0.2, 0.25) is 5.95 Å². The molecule has 2 N–H and O–H groups in total. The van der Waals surface area contributed by atoms with Crippen LogP contribution in [0.1, 0.15) is 25.5 Å². The molecule has 1 atom stereocenters. The van der Waals surface area contributed by atoms with E-state index in [0.29, 0.717) is 17.0 Å². The lowest BCUT2D eigenvalue weighted by Crippen LogP contribution is -2.42. The van der Waals surface area contributed by atoms with Crippen molar-refractivity contribution in [1.82, 2.24) is 20.2 Å². The summed E-state index contributed by atoms with van der Waals surface area (Å²) in [6.45, 7) is 11.8. The van der Waals surface area contributed by atoms with E-state index in [0.717, 1.165) is 64.0 Å². The number of nitrogens with zero attached hydrogens (tertiary/aromatic N) is 4. The molecule has 1 aromatic heterocycles. The molecule has 0 bridgehead atoms. The van der Waals surface area contributed by atoms with E-state index in [4.69, 9.17) is 17.0 Å². The lowest BCUT2D eigenvalue weighted by Gasteiger charge is -2.32. The van der Waals surface area contributed by atoms with Crippen LogP contribution in [0.4, 0.5) is 11.8 Å². The minimum atomic E-state index is 0.571. The maximum atomic E-state index is 5.41. The molecule has 0 aliphatic carbocycles. The standard InChI is InChI=1S/C18H30N6OS/c1-14-4-3-6-24(13-14)16-12-15(2)20-17(21-16)22-18(26)19-5-7-23-8-10-25-11-9-23/h12,14H,3-11,13H2,1-2H3,(H2,19,20,21,22,26)/t14-/m1/s1. The van der Waals surface area contributed by atoms with Gasteiger partial charge in [0.05, 0.1) is 13.2 Å². The molecule has 1 aromatic rings. The molecule has 0 spiro atoms. The first kappa shape index (κ1) is 19.3. The number of aromatic nitrogens is 2. The van der Waals surface area contributed by atoms with E-state index in [9.17, 15) is 0 Å². The van der Waals surface area contributed by atoms with Gasteiger partial charge in [-0.25, -0.2) is 4.98 Å². The number of nitrogens with one attached hydrogen (secondary N) is 2. The van der Waals surface area contributed by atoms with Crippen LogP contribution >= 0.6 is 12.2 Å². The molecule has 26 heavy (non-hydrogen) atoms. The fourth-order valence-corrected chi connectivity index (χ4v) is 3.66. The molecule has 3 heterocycles. The number of aryl methyl sites for hydroxylation is 1. The van der Waals surface area contributed by atoms with Crippen LogP contribution in [0.3, 0.4) is 0 Å². The monoisotopic (exact) mass is 378 g/mol. The highest BCUT2D eigenvalue weighted by Crippen LogP contribution is 2.22. The number of thiocarbonyl (C=S) groups is 1. The van der Waals surface area contributed by atoms with Crippen LogP contribution in [-0.2, 0) is 4.74 Å². The summed E-state index contributed by atoms with van der Waals surface area (Å²) >= 11 is 5.41. The van der Waals surface area contributed by atoms with E-state index in [1.807, 2.05) is 6.92 Å². The number of hydrogen-bond acceptors (Lipinski definition) is 6. The van der Waals surface area contributed by atoms with Gasteiger partial charge in [0, 0.05) is 51.0 Å². The smallest absolute Gasteiger partial charge is 0.231 e. The second-order valence-corrected chi connectivity index (χ2v) is 7.63. The topological polar surface area (TPSA) is 65.6 Å². The first-order chi connectivity index (χ1) is 12.6. The van der Waals surface area contributed by atoms with E-state index in [1.54, 1.807) is 0 Å². The zero-order chi connectivity index (χ0) is 18.4. The van der Waals surface area contributed by atoms with E-state index in [2.05, 4.69) is 43.4 Å². The molecule has 2 aliphatic heterocycles. The van der Waals surface area contributed by atoms with Crippen molar-refractivity contribution in [1.29, 1.82) is 0 Å². The van der Waals surface area contributed by atoms with Gasteiger partial charge in [-0.05, 0) is 37.9 Å². The van der Waals surface area contributed by atoms with Crippen molar-refractivity contribution in [2.45, 2.75) is 26.7 Å². The quantitative estimate of drug-likeness (QED) is 0.750. The van der Waals surface area contributed by atoms with Gasteiger partial charge in [0.1, 0.15) is 5.82 Å². The first-order valence-corrected chi connectivity index (χ1v) is 9.96. The highest BCUT2D eigenvalue weighted by atomic mass is 32.1. The minimum Gasteiger partial charge on any atom is -0.379 e. The molecule has 2 aliphatic rings. The zero-order valence-corrected chi connectivity index (χ0v) is 16.6. The number of ether oxygens (including phenoxy) is 1. The van der Waals surface area contributed by atoms with Crippen molar-refractivity contribution in [2.24, 2.45) is 5.92 Å². The van der Waals surface area contributed by atoms with Gasteiger partial charge in [-0.3, -0.25) is 4.90 Å². The van der Waals surface area contributed by atoms with Gasteiger partial charge in [0.25, 0.3) is 0 Å². The third-order valence-corrected chi connectivity index (χ3v) is 5.11. The average Bonchev–Trinajstić information content (AvgIpc) is 2.62. The SMILES string of the molecule is Cc1cc(N2CCC[C@@H](C)C2)nc(NC(=S)NCCN2CCOCC2)n1. The highest BCUT2D eigenvalue weighted by molar-refractivity contribution is 7.80. The maximum Gasteiger partial charge on any atom is 0.231 e. The minimum absolute atomic E-state index is 0.571. The Morgan fingerprint density at radius 3 is 2.88 bits per heavy atom. The molecule has 0 aromatic carbocycles. The Bertz CT molecular complexity index is 607. The van der Waals surface area contributed by atoms with Crippen LogP contribution in [0, 0.1) is 12.8 Å². The number of morpholine rings is 1. The Balaban J connectivity index is 1.51. The van der Waals surface area contributed by atoms with Gasteiger partial charge in [-0.15, -0.1) is 0 Å². The van der Waals surface area contributed by atoms with E-state index in [-0.39, 0.29) is 0 Å². The summed E-state index contributed by atoms with van der Waals surface area (Å²) in [6, 6.07) is 2.05. The van der Waals surface area contributed by atoms with Crippen molar-refractivity contribution >= 4 is 29.1 Å². The van der Waals surface area contributed by atoms with Gasteiger partial charge in [-0.1, -0.05) is 6.92 Å². The van der Waals surface area contributed by atoms with Crippen LogP contribution < -0.4 is 15.5 Å². The molecular weight excluding hydrogens is 348 g/mol. The highest BCUT2D eigenvalue weighted by Gasteiger charge is 2.18. The van der Waals surface area contributed by atoms with Gasteiger partial charge in [-0.2, -0.15) is 4.98 Å². The fraction of sp³-hybridized carbons (Fsp3) is 0.722.